The van der Waals surface area contributed by atoms with Crippen LogP contribution in [0.15, 0.2) is 94.8 Å². The highest BCUT2D eigenvalue weighted by Gasteiger charge is 2.37. The SMILES string of the molecule is C[C@@H](c1ccccc1)N1C(=O)/C(=C\c2cccc(O)c2)SC1=Nc1ccccc1. The molecule has 0 aliphatic carbocycles. The number of carbonyl (C=O) groups excluding carboxylic acids is 1. The molecule has 0 spiro atoms. The lowest BCUT2D eigenvalue weighted by Gasteiger charge is -2.24. The highest BCUT2D eigenvalue weighted by molar-refractivity contribution is 8.18. The molecule has 1 N–H and O–H groups in total. The third-order valence-corrected chi connectivity index (χ3v) is 5.64. The first-order valence-electron chi connectivity index (χ1n) is 9.32. The Morgan fingerprint density at radius 1 is 0.966 bits per heavy atom. The Labute approximate surface area is 174 Å². The normalized spacial score (nSPS) is 17.8. The molecule has 0 bridgehead atoms. The number of phenols is 1. The van der Waals surface area contributed by atoms with Gasteiger partial charge in [0, 0.05) is 0 Å². The molecule has 0 radical (unpaired) electrons. The maximum absolute atomic E-state index is 13.3. The van der Waals surface area contributed by atoms with Crippen molar-refractivity contribution in [1.82, 2.24) is 4.90 Å². The number of amidine groups is 1. The van der Waals surface area contributed by atoms with E-state index in [2.05, 4.69) is 0 Å². The number of benzene rings is 3. The molecule has 1 amide bonds. The van der Waals surface area contributed by atoms with Crippen LogP contribution < -0.4 is 0 Å². The molecule has 144 valence electrons. The van der Waals surface area contributed by atoms with Gasteiger partial charge in [-0.2, -0.15) is 0 Å². The molecule has 29 heavy (non-hydrogen) atoms. The molecule has 4 nitrogen and oxygen atoms in total. The van der Waals surface area contributed by atoms with Crippen LogP contribution in [0, 0.1) is 0 Å². The smallest absolute Gasteiger partial charge is 0.267 e. The Kier molecular flexibility index (Phi) is 5.49. The van der Waals surface area contributed by atoms with Crippen molar-refractivity contribution in [2.45, 2.75) is 13.0 Å². The minimum atomic E-state index is -0.159. The third-order valence-electron chi connectivity index (χ3n) is 4.66. The Morgan fingerprint density at radius 2 is 1.66 bits per heavy atom. The molecule has 1 saturated heterocycles. The summed E-state index contributed by atoms with van der Waals surface area (Å²) in [5.41, 5.74) is 2.61. The van der Waals surface area contributed by atoms with Crippen LogP contribution in [0.2, 0.25) is 0 Å². The summed E-state index contributed by atoms with van der Waals surface area (Å²) >= 11 is 1.35. The van der Waals surface area contributed by atoms with E-state index in [1.165, 1.54) is 11.8 Å². The summed E-state index contributed by atoms with van der Waals surface area (Å²) < 4.78 is 0. The van der Waals surface area contributed by atoms with E-state index in [0.717, 1.165) is 16.8 Å². The van der Waals surface area contributed by atoms with Crippen LogP contribution in [0.4, 0.5) is 5.69 Å². The zero-order valence-corrected chi connectivity index (χ0v) is 16.7. The number of para-hydroxylation sites is 1. The summed E-state index contributed by atoms with van der Waals surface area (Å²) in [6.45, 7) is 2.01. The number of phenolic OH excluding ortho intramolecular Hbond substituents is 1. The number of thioether (sulfide) groups is 1. The fourth-order valence-electron chi connectivity index (χ4n) is 3.17. The number of carbonyl (C=O) groups is 1. The van der Waals surface area contributed by atoms with Gasteiger partial charge in [-0.15, -0.1) is 0 Å². The van der Waals surface area contributed by atoms with Crippen LogP contribution in [-0.2, 0) is 4.79 Å². The molecule has 5 heteroatoms. The highest BCUT2D eigenvalue weighted by Crippen LogP contribution is 2.39. The van der Waals surface area contributed by atoms with Crippen molar-refractivity contribution in [3.8, 4) is 5.75 Å². The zero-order chi connectivity index (χ0) is 20.2. The van der Waals surface area contributed by atoms with E-state index in [9.17, 15) is 9.90 Å². The van der Waals surface area contributed by atoms with Gasteiger partial charge < -0.3 is 5.11 Å². The van der Waals surface area contributed by atoms with E-state index in [1.807, 2.05) is 73.7 Å². The van der Waals surface area contributed by atoms with E-state index in [1.54, 1.807) is 29.2 Å². The molecule has 3 aromatic rings. The topological polar surface area (TPSA) is 52.9 Å². The fourth-order valence-corrected chi connectivity index (χ4v) is 4.23. The van der Waals surface area contributed by atoms with Gasteiger partial charge in [-0.3, -0.25) is 9.69 Å². The minimum Gasteiger partial charge on any atom is -0.508 e. The lowest BCUT2D eigenvalue weighted by atomic mass is 10.1. The van der Waals surface area contributed by atoms with Crippen LogP contribution in [0.5, 0.6) is 5.75 Å². The average Bonchev–Trinajstić information content (AvgIpc) is 3.03. The van der Waals surface area contributed by atoms with Crippen molar-refractivity contribution in [2.75, 3.05) is 0 Å². The number of rotatable bonds is 4. The number of amides is 1. The summed E-state index contributed by atoms with van der Waals surface area (Å²) in [7, 11) is 0. The number of aliphatic imine (C=N–C) groups is 1. The number of aromatic hydroxyl groups is 1. The molecule has 1 aliphatic heterocycles. The van der Waals surface area contributed by atoms with Gasteiger partial charge in [-0.25, -0.2) is 4.99 Å². The van der Waals surface area contributed by atoms with E-state index >= 15 is 0 Å². The highest BCUT2D eigenvalue weighted by atomic mass is 32.2. The summed E-state index contributed by atoms with van der Waals surface area (Å²) in [5, 5.41) is 10.4. The van der Waals surface area contributed by atoms with Crippen molar-refractivity contribution in [3.05, 3.63) is 101 Å². The van der Waals surface area contributed by atoms with Crippen LogP contribution in [0.3, 0.4) is 0 Å². The van der Waals surface area contributed by atoms with Gasteiger partial charge >= 0.3 is 0 Å². The number of hydrogen-bond acceptors (Lipinski definition) is 4. The Hall–Kier alpha value is -3.31. The van der Waals surface area contributed by atoms with Gasteiger partial charge in [0.25, 0.3) is 5.91 Å². The molecule has 1 aliphatic rings. The molecule has 4 rings (SSSR count). The van der Waals surface area contributed by atoms with Gasteiger partial charge in [-0.1, -0.05) is 60.7 Å². The van der Waals surface area contributed by atoms with Gasteiger partial charge in [-0.05, 0) is 60.2 Å². The number of hydrogen-bond donors (Lipinski definition) is 1. The largest absolute Gasteiger partial charge is 0.508 e. The quantitative estimate of drug-likeness (QED) is 0.567. The molecule has 1 fully saturated rings. The van der Waals surface area contributed by atoms with Crippen molar-refractivity contribution >= 4 is 34.6 Å². The molecule has 0 aromatic heterocycles. The van der Waals surface area contributed by atoms with Crippen molar-refractivity contribution < 1.29 is 9.90 Å². The maximum atomic E-state index is 13.3. The molecular weight excluding hydrogens is 380 g/mol. The molecule has 1 atom stereocenters. The van der Waals surface area contributed by atoms with Crippen LogP contribution in [-0.4, -0.2) is 21.1 Å². The second-order valence-corrected chi connectivity index (χ2v) is 7.71. The van der Waals surface area contributed by atoms with Crippen LogP contribution >= 0.6 is 11.8 Å². The van der Waals surface area contributed by atoms with E-state index in [0.29, 0.717) is 10.1 Å². The first-order valence-corrected chi connectivity index (χ1v) is 10.1. The van der Waals surface area contributed by atoms with Crippen LogP contribution in [0.25, 0.3) is 6.08 Å². The minimum absolute atomic E-state index is 0.0932. The zero-order valence-electron chi connectivity index (χ0n) is 15.9. The average molecular weight is 401 g/mol. The van der Waals surface area contributed by atoms with Gasteiger partial charge in [0.2, 0.25) is 0 Å². The van der Waals surface area contributed by atoms with E-state index in [-0.39, 0.29) is 17.7 Å². The monoisotopic (exact) mass is 400 g/mol. The first kappa shape index (κ1) is 19.0. The van der Waals surface area contributed by atoms with Gasteiger partial charge in [0.05, 0.1) is 16.6 Å². The standard InChI is InChI=1S/C24H20N2O2S/c1-17(19-10-4-2-5-11-19)26-23(28)22(16-18-9-8-14-21(27)15-18)29-24(26)25-20-12-6-3-7-13-20/h2-17,27H,1H3/b22-16+,25-24?/t17-/m0/s1. The Balaban J connectivity index is 1.75. The van der Waals surface area contributed by atoms with Crippen molar-refractivity contribution in [3.63, 3.8) is 0 Å². The number of nitrogens with zero attached hydrogens (tertiary/aromatic N) is 2. The first-order chi connectivity index (χ1) is 14.1. The van der Waals surface area contributed by atoms with E-state index < -0.39 is 0 Å². The van der Waals surface area contributed by atoms with Crippen molar-refractivity contribution in [1.29, 1.82) is 0 Å². The summed E-state index contributed by atoms with van der Waals surface area (Å²) in [4.78, 5) is 20.4. The van der Waals surface area contributed by atoms with Gasteiger partial charge in [0.15, 0.2) is 5.17 Å². The molecule has 0 saturated carbocycles. The maximum Gasteiger partial charge on any atom is 0.267 e. The lowest BCUT2D eigenvalue weighted by Crippen LogP contribution is -2.32. The predicted octanol–water partition coefficient (Wildman–Crippen LogP) is 5.76. The lowest BCUT2D eigenvalue weighted by molar-refractivity contribution is -0.123. The van der Waals surface area contributed by atoms with Crippen LogP contribution in [0.1, 0.15) is 24.1 Å². The predicted molar refractivity (Wildman–Crippen MR) is 119 cm³/mol. The fraction of sp³-hybridized carbons (Fsp3) is 0.0833. The van der Waals surface area contributed by atoms with Gasteiger partial charge in [0.1, 0.15) is 5.75 Å². The third kappa shape index (κ3) is 4.25. The molecule has 0 unspecified atom stereocenters. The molecule has 1 heterocycles. The van der Waals surface area contributed by atoms with E-state index in [4.69, 9.17) is 4.99 Å². The second kappa shape index (κ2) is 8.37. The summed E-state index contributed by atoms with van der Waals surface area (Å²) in [6, 6.07) is 26.3. The summed E-state index contributed by atoms with van der Waals surface area (Å²) in [6.07, 6.45) is 1.80. The Morgan fingerprint density at radius 3 is 2.34 bits per heavy atom. The molecule has 3 aromatic carbocycles. The summed E-state index contributed by atoms with van der Waals surface area (Å²) in [5.74, 6) is 0.0758. The second-order valence-electron chi connectivity index (χ2n) is 6.70. The Bertz CT molecular complexity index is 1080. The molecular formula is C24H20N2O2S. The van der Waals surface area contributed by atoms with Crippen molar-refractivity contribution in [2.24, 2.45) is 4.99 Å².